The Morgan fingerprint density at radius 1 is 1.11 bits per heavy atom. The molecule has 5 heteroatoms. The number of rotatable bonds is 6. The Bertz CT molecular complexity index is 977. The molecule has 0 fully saturated rings. The Labute approximate surface area is 164 Å². The smallest absolute Gasteiger partial charge is 0.255 e. The molecule has 0 bridgehead atoms. The van der Waals surface area contributed by atoms with Crippen LogP contribution in [0.25, 0.3) is 0 Å². The van der Waals surface area contributed by atoms with Gasteiger partial charge in [-0.05, 0) is 36.2 Å². The molecule has 1 atom stereocenters. The minimum atomic E-state index is -0.322. The van der Waals surface area contributed by atoms with Crippen molar-refractivity contribution in [3.63, 3.8) is 0 Å². The first-order valence-corrected chi connectivity index (χ1v) is 9.36. The number of nitrogens with one attached hydrogen (secondary N) is 1. The van der Waals surface area contributed by atoms with Gasteiger partial charge in [0.05, 0.1) is 25.3 Å². The average Bonchev–Trinajstić information content (AvgIpc) is 3.34. The van der Waals surface area contributed by atoms with Crippen LogP contribution in [0.4, 0.5) is 0 Å². The van der Waals surface area contributed by atoms with E-state index in [9.17, 15) is 9.59 Å². The highest BCUT2D eigenvalue weighted by Crippen LogP contribution is 2.33. The van der Waals surface area contributed by atoms with E-state index in [1.54, 1.807) is 17.2 Å². The molecule has 3 aromatic rings. The van der Waals surface area contributed by atoms with E-state index in [2.05, 4.69) is 5.32 Å². The van der Waals surface area contributed by atoms with Crippen molar-refractivity contribution < 1.29 is 14.0 Å². The van der Waals surface area contributed by atoms with E-state index in [0.717, 1.165) is 22.3 Å². The molecule has 0 radical (unpaired) electrons. The summed E-state index contributed by atoms with van der Waals surface area (Å²) in [7, 11) is 0. The molecule has 2 amide bonds. The fraction of sp³-hybridized carbons (Fsp3) is 0.217. The maximum absolute atomic E-state index is 13.0. The van der Waals surface area contributed by atoms with Crippen LogP contribution < -0.4 is 5.32 Å². The zero-order chi connectivity index (χ0) is 19.5. The first-order chi connectivity index (χ1) is 13.6. The second-order valence-corrected chi connectivity index (χ2v) is 7.08. The minimum Gasteiger partial charge on any atom is -0.467 e. The Hall–Kier alpha value is -3.34. The van der Waals surface area contributed by atoms with Gasteiger partial charge in [0, 0.05) is 12.1 Å². The van der Waals surface area contributed by atoms with Crippen LogP contribution in [0.2, 0.25) is 0 Å². The highest BCUT2D eigenvalue weighted by Gasteiger charge is 2.34. The molecular weight excluding hydrogens is 352 g/mol. The Morgan fingerprint density at radius 3 is 2.61 bits per heavy atom. The lowest BCUT2D eigenvalue weighted by Crippen LogP contribution is -2.34. The predicted octanol–water partition coefficient (Wildman–Crippen LogP) is 3.99. The molecule has 1 N–H and O–H groups in total. The molecule has 2 aromatic carbocycles. The van der Waals surface area contributed by atoms with Crippen LogP contribution in [0, 0.1) is 6.92 Å². The molecule has 28 heavy (non-hydrogen) atoms. The van der Waals surface area contributed by atoms with Crippen LogP contribution in [0.15, 0.2) is 71.3 Å². The lowest BCUT2D eigenvalue weighted by Gasteiger charge is -2.28. The molecule has 0 unspecified atom stereocenters. The van der Waals surface area contributed by atoms with Gasteiger partial charge in [0.15, 0.2) is 0 Å². The van der Waals surface area contributed by atoms with Gasteiger partial charge in [-0.2, -0.15) is 0 Å². The summed E-state index contributed by atoms with van der Waals surface area (Å²) in [6.45, 7) is 2.87. The molecule has 0 saturated carbocycles. The second kappa shape index (κ2) is 7.72. The molecule has 0 aliphatic carbocycles. The quantitative estimate of drug-likeness (QED) is 0.710. The zero-order valence-corrected chi connectivity index (χ0v) is 15.7. The number of carbonyl (C=O) groups is 2. The number of aryl methyl sites for hydroxylation is 1. The van der Waals surface area contributed by atoms with E-state index in [1.807, 2.05) is 61.5 Å². The molecule has 1 aliphatic heterocycles. The van der Waals surface area contributed by atoms with E-state index in [0.29, 0.717) is 18.8 Å². The molecule has 1 aromatic heterocycles. The van der Waals surface area contributed by atoms with Crippen LogP contribution in [0.1, 0.15) is 45.3 Å². The molecule has 2 heterocycles. The SMILES string of the molecule is Cc1ccc([C@@H](CC(=O)NCc2ccco2)N2Cc3ccccc3C2=O)cc1. The van der Waals surface area contributed by atoms with Crippen molar-refractivity contribution in [2.24, 2.45) is 0 Å². The minimum absolute atomic E-state index is 0.0278. The third-order valence-corrected chi connectivity index (χ3v) is 5.11. The van der Waals surface area contributed by atoms with Gasteiger partial charge >= 0.3 is 0 Å². The molecule has 0 spiro atoms. The third kappa shape index (κ3) is 3.69. The van der Waals surface area contributed by atoms with Gasteiger partial charge in [0.1, 0.15) is 5.76 Å². The number of fused-ring (bicyclic) bond motifs is 1. The van der Waals surface area contributed by atoms with Gasteiger partial charge < -0.3 is 14.6 Å². The summed E-state index contributed by atoms with van der Waals surface area (Å²) >= 11 is 0. The average molecular weight is 374 g/mol. The molecular formula is C23H22N2O3. The first-order valence-electron chi connectivity index (χ1n) is 9.36. The highest BCUT2D eigenvalue weighted by molar-refractivity contribution is 5.98. The van der Waals surface area contributed by atoms with Crippen LogP contribution in [-0.4, -0.2) is 16.7 Å². The fourth-order valence-corrected chi connectivity index (χ4v) is 3.57. The van der Waals surface area contributed by atoms with Crippen LogP contribution in [0.3, 0.4) is 0 Å². The Balaban J connectivity index is 1.55. The van der Waals surface area contributed by atoms with Crippen LogP contribution >= 0.6 is 0 Å². The summed E-state index contributed by atoms with van der Waals surface area (Å²) in [5.41, 5.74) is 3.82. The monoisotopic (exact) mass is 374 g/mol. The summed E-state index contributed by atoms with van der Waals surface area (Å²) < 4.78 is 5.27. The number of nitrogens with zero attached hydrogens (tertiary/aromatic N) is 1. The summed E-state index contributed by atoms with van der Waals surface area (Å²) in [5.74, 6) is 0.552. The fourth-order valence-electron chi connectivity index (χ4n) is 3.57. The van der Waals surface area contributed by atoms with Gasteiger partial charge in [0.25, 0.3) is 5.91 Å². The molecule has 142 valence electrons. The number of furan rings is 1. The van der Waals surface area contributed by atoms with E-state index >= 15 is 0 Å². The molecule has 5 nitrogen and oxygen atoms in total. The first kappa shape index (κ1) is 18.0. The molecule has 1 aliphatic rings. The van der Waals surface area contributed by atoms with Crippen LogP contribution in [-0.2, 0) is 17.9 Å². The van der Waals surface area contributed by atoms with Gasteiger partial charge in [-0.25, -0.2) is 0 Å². The van der Waals surface area contributed by atoms with E-state index in [1.165, 1.54) is 0 Å². The summed E-state index contributed by atoms with van der Waals surface area (Å²) in [4.78, 5) is 27.4. The van der Waals surface area contributed by atoms with Gasteiger partial charge in [-0.3, -0.25) is 9.59 Å². The van der Waals surface area contributed by atoms with E-state index in [4.69, 9.17) is 4.42 Å². The predicted molar refractivity (Wildman–Crippen MR) is 105 cm³/mol. The van der Waals surface area contributed by atoms with Gasteiger partial charge in [-0.1, -0.05) is 48.0 Å². The Morgan fingerprint density at radius 2 is 1.89 bits per heavy atom. The number of hydrogen-bond donors (Lipinski definition) is 1. The number of benzene rings is 2. The van der Waals surface area contributed by atoms with Gasteiger partial charge in [-0.15, -0.1) is 0 Å². The number of carbonyl (C=O) groups excluding carboxylic acids is 2. The van der Waals surface area contributed by atoms with E-state index < -0.39 is 0 Å². The summed E-state index contributed by atoms with van der Waals surface area (Å²) in [6, 6.07) is 18.9. The third-order valence-electron chi connectivity index (χ3n) is 5.11. The lowest BCUT2D eigenvalue weighted by atomic mass is 10.00. The van der Waals surface area contributed by atoms with Crippen molar-refractivity contribution >= 4 is 11.8 Å². The van der Waals surface area contributed by atoms with Crippen molar-refractivity contribution in [2.45, 2.75) is 32.5 Å². The lowest BCUT2D eigenvalue weighted by molar-refractivity contribution is -0.122. The zero-order valence-electron chi connectivity index (χ0n) is 15.7. The maximum Gasteiger partial charge on any atom is 0.255 e. The standard InChI is InChI=1S/C23H22N2O3/c1-16-8-10-17(11-9-16)21(13-22(26)24-14-19-6-4-12-28-19)25-15-18-5-2-3-7-20(18)23(25)27/h2-12,21H,13-15H2,1H3,(H,24,26)/t21-/m1/s1. The number of hydrogen-bond acceptors (Lipinski definition) is 3. The highest BCUT2D eigenvalue weighted by atomic mass is 16.3. The normalized spacial score (nSPS) is 14.0. The summed E-state index contributed by atoms with van der Waals surface area (Å²) in [6.07, 6.45) is 1.78. The van der Waals surface area contributed by atoms with Gasteiger partial charge in [0.2, 0.25) is 5.91 Å². The second-order valence-electron chi connectivity index (χ2n) is 7.08. The number of amides is 2. The van der Waals surface area contributed by atoms with Crippen molar-refractivity contribution in [1.29, 1.82) is 0 Å². The molecule has 0 saturated heterocycles. The van der Waals surface area contributed by atoms with Crippen molar-refractivity contribution in [3.8, 4) is 0 Å². The van der Waals surface area contributed by atoms with Crippen molar-refractivity contribution in [3.05, 3.63) is 94.9 Å². The Kier molecular flexibility index (Phi) is 4.98. The van der Waals surface area contributed by atoms with E-state index in [-0.39, 0.29) is 24.3 Å². The maximum atomic E-state index is 13.0. The van der Waals surface area contributed by atoms with Crippen molar-refractivity contribution in [1.82, 2.24) is 10.2 Å². The molecule has 4 rings (SSSR count). The topological polar surface area (TPSA) is 62.6 Å². The van der Waals surface area contributed by atoms with Crippen LogP contribution in [0.5, 0.6) is 0 Å². The van der Waals surface area contributed by atoms with Crippen molar-refractivity contribution in [2.75, 3.05) is 0 Å². The largest absolute Gasteiger partial charge is 0.467 e. The summed E-state index contributed by atoms with van der Waals surface area (Å²) in [5, 5.41) is 2.89.